The Bertz CT molecular complexity index is 1070. The van der Waals surface area contributed by atoms with Crippen LogP contribution in [0, 0.1) is 25.2 Å². The van der Waals surface area contributed by atoms with Gasteiger partial charge in [0, 0.05) is 23.1 Å². The number of carboxylic acid groups (broad SMARTS) is 1. The lowest BCUT2D eigenvalue weighted by Gasteiger charge is -2.05. The van der Waals surface area contributed by atoms with Gasteiger partial charge in [-0.05, 0) is 50.1 Å². The molecule has 3 rings (SSSR count). The number of aliphatic carboxylic acids is 1. The molecule has 0 spiro atoms. The normalized spacial score (nSPS) is 10.9. The lowest BCUT2D eigenvalue weighted by atomic mass is 10.1. The van der Waals surface area contributed by atoms with Crippen molar-refractivity contribution in [1.29, 1.82) is 5.26 Å². The number of nitriles is 1. The van der Waals surface area contributed by atoms with Crippen LogP contribution < -0.4 is 5.32 Å². The van der Waals surface area contributed by atoms with Crippen molar-refractivity contribution in [3.05, 3.63) is 64.6 Å². The summed E-state index contributed by atoms with van der Waals surface area (Å²) in [5.74, 6) is -2.76. The van der Waals surface area contributed by atoms with Crippen LogP contribution in [0.2, 0.25) is 0 Å². The summed E-state index contributed by atoms with van der Waals surface area (Å²) < 4.78 is 31.7. The first-order valence-electron chi connectivity index (χ1n) is 9.07. The monoisotopic (exact) mass is 418 g/mol. The molecule has 0 amide bonds. The van der Waals surface area contributed by atoms with Crippen LogP contribution >= 0.6 is 0 Å². The quantitative estimate of drug-likeness (QED) is 0.544. The smallest absolute Gasteiger partial charge is 0.475 e. The van der Waals surface area contributed by atoms with E-state index >= 15 is 0 Å². The molecule has 0 bridgehead atoms. The van der Waals surface area contributed by atoms with Gasteiger partial charge in [-0.1, -0.05) is 24.3 Å². The number of aromatic nitrogens is 2. The SMILES string of the molecule is Cc1[nH]c2c(C)cccc2c1CCNCc1cccc(C#N)n1.O=C(O)C(F)(F)F. The molecule has 9 heteroatoms. The minimum atomic E-state index is -5.08. The number of aromatic amines is 1. The van der Waals surface area contributed by atoms with E-state index in [1.54, 1.807) is 6.07 Å². The van der Waals surface area contributed by atoms with Crippen molar-refractivity contribution in [2.45, 2.75) is 33.0 Å². The van der Waals surface area contributed by atoms with E-state index in [1.165, 1.54) is 27.7 Å². The van der Waals surface area contributed by atoms with Gasteiger partial charge in [0.2, 0.25) is 0 Å². The fraction of sp³-hybridized carbons (Fsp3) is 0.286. The number of para-hydroxylation sites is 1. The Morgan fingerprint density at radius 1 is 1.23 bits per heavy atom. The highest BCUT2D eigenvalue weighted by Gasteiger charge is 2.38. The summed E-state index contributed by atoms with van der Waals surface area (Å²) in [4.78, 5) is 16.7. The van der Waals surface area contributed by atoms with Gasteiger partial charge in [0.15, 0.2) is 0 Å². The number of nitrogens with zero attached hydrogens (tertiary/aromatic N) is 2. The molecule has 0 aliphatic rings. The Hall–Kier alpha value is -3.38. The third-order valence-corrected chi connectivity index (χ3v) is 4.38. The van der Waals surface area contributed by atoms with Gasteiger partial charge in [-0.2, -0.15) is 18.4 Å². The van der Waals surface area contributed by atoms with E-state index in [4.69, 9.17) is 15.2 Å². The number of hydrogen-bond donors (Lipinski definition) is 3. The molecule has 0 saturated carbocycles. The maximum Gasteiger partial charge on any atom is 0.490 e. The molecule has 0 fully saturated rings. The highest BCUT2D eigenvalue weighted by Crippen LogP contribution is 2.24. The number of aryl methyl sites for hydroxylation is 2. The van der Waals surface area contributed by atoms with Crippen LogP contribution in [0.4, 0.5) is 13.2 Å². The van der Waals surface area contributed by atoms with Gasteiger partial charge in [0.1, 0.15) is 11.8 Å². The molecule has 30 heavy (non-hydrogen) atoms. The van der Waals surface area contributed by atoms with E-state index in [-0.39, 0.29) is 0 Å². The molecule has 0 aliphatic heterocycles. The van der Waals surface area contributed by atoms with Crippen molar-refractivity contribution in [2.24, 2.45) is 0 Å². The fourth-order valence-corrected chi connectivity index (χ4v) is 2.94. The first-order valence-corrected chi connectivity index (χ1v) is 9.07. The van der Waals surface area contributed by atoms with Crippen LogP contribution in [0.1, 0.15) is 28.2 Å². The van der Waals surface area contributed by atoms with E-state index in [0.29, 0.717) is 12.2 Å². The molecule has 0 saturated heterocycles. The predicted octanol–water partition coefficient (Wildman–Crippen LogP) is 4.02. The van der Waals surface area contributed by atoms with Crippen molar-refractivity contribution < 1.29 is 23.1 Å². The number of halogens is 3. The summed E-state index contributed by atoms with van der Waals surface area (Å²) in [6.07, 6.45) is -4.12. The molecule has 6 nitrogen and oxygen atoms in total. The van der Waals surface area contributed by atoms with Gasteiger partial charge in [0.05, 0.1) is 5.69 Å². The molecular formula is C21H21F3N4O2. The van der Waals surface area contributed by atoms with Crippen molar-refractivity contribution in [1.82, 2.24) is 15.3 Å². The zero-order valence-corrected chi connectivity index (χ0v) is 16.5. The van der Waals surface area contributed by atoms with Crippen LogP contribution in [-0.2, 0) is 17.8 Å². The van der Waals surface area contributed by atoms with Crippen molar-refractivity contribution in [3.8, 4) is 6.07 Å². The van der Waals surface area contributed by atoms with Gasteiger partial charge in [-0.15, -0.1) is 0 Å². The standard InChI is InChI=1S/C19H20N4.C2HF3O2/c1-13-5-3-8-18-17(14(2)22-19(13)18)9-10-21-12-16-7-4-6-15(11-20)23-16;3-2(4,5)1(6)7/h3-8,21-22H,9-10,12H2,1-2H3;(H,6,7). The molecular weight excluding hydrogens is 397 g/mol. The molecule has 158 valence electrons. The Morgan fingerprint density at radius 2 is 1.90 bits per heavy atom. The summed E-state index contributed by atoms with van der Waals surface area (Å²) in [5.41, 5.74) is 6.49. The average molecular weight is 418 g/mol. The van der Waals surface area contributed by atoms with Gasteiger partial charge < -0.3 is 15.4 Å². The van der Waals surface area contributed by atoms with Crippen molar-refractivity contribution >= 4 is 16.9 Å². The first-order chi connectivity index (χ1) is 14.1. The first kappa shape index (κ1) is 22.9. The number of hydrogen-bond acceptors (Lipinski definition) is 4. The molecule has 0 unspecified atom stereocenters. The summed E-state index contributed by atoms with van der Waals surface area (Å²) in [5, 5.41) is 20.7. The van der Waals surface area contributed by atoms with E-state index in [9.17, 15) is 13.2 Å². The average Bonchev–Trinajstić information content (AvgIpc) is 3.02. The maximum absolute atomic E-state index is 10.6. The lowest BCUT2D eigenvalue weighted by molar-refractivity contribution is -0.192. The summed E-state index contributed by atoms with van der Waals surface area (Å²) in [7, 11) is 0. The van der Waals surface area contributed by atoms with E-state index in [2.05, 4.69) is 53.4 Å². The zero-order chi connectivity index (χ0) is 22.3. The molecule has 2 aromatic heterocycles. The molecule has 0 radical (unpaired) electrons. The van der Waals surface area contributed by atoms with Gasteiger partial charge >= 0.3 is 12.1 Å². The third-order valence-electron chi connectivity index (χ3n) is 4.38. The Balaban J connectivity index is 0.000000396. The van der Waals surface area contributed by atoms with Crippen LogP contribution in [0.3, 0.4) is 0 Å². The molecule has 3 N–H and O–H groups in total. The summed E-state index contributed by atoms with van der Waals surface area (Å²) >= 11 is 0. The highest BCUT2D eigenvalue weighted by atomic mass is 19.4. The number of fused-ring (bicyclic) bond motifs is 1. The fourth-order valence-electron chi connectivity index (χ4n) is 2.94. The Labute approximate surface area is 171 Å². The van der Waals surface area contributed by atoms with Crippen molar-refractivity contribution in [3.63, 3.8) is 0 Å². The Morgan fingerprint density at radius 3 is 2.53 bits per heavy atom. The van der Waals surface area contributed by atoms with E-state index in [1.807, 2.05) is 12.1 Å². The molecule has 3 aromatic rings. The van der Waals surface area contributed by atoms with Gasteiger partial charge in [0.25, 0.3) is 0 Å². The molecule has 2 heterocycles. The minimum Gasteiger partial charge on any atom is -0.475 e. The molecule has 0 atom stereocenters. The number of carbonyl (C=O) groups is 1. The lowest BCUT2D eigenvalue weighted by Crippen LogP contribution is -2.21. The van der Waals surface area contributed by atoms with Gasteiger partial charge in [-0.3, -0.25) is 0 Å². The number of rotatable bonds is 5. The van der Waals surface area contributed by atoms with Gasteiger partial charge in [-0.25, -0.2) is 9.78 Å². The third kappa shape index (κ3) is 6.06. The number of pyridine rings is 1. The second-order valence-electron chi connectivity index (χ2n) is 6.58. The molecule has 0 aliphatic carbocycles. The topological polar surface area (TPSA) is 102 Å². The molecule has 1 aromatic carbocycles. The largest absolute Gasteiger partial charge is 0.490 e. The van der Waals surface area contributed by atoms with Crippen LogP contribution in [0.25, 0.3) is 10.9 Å². The second kappa shape index (κ2) is 9.89. The number of nitrogens with one attached hydrogen (secondary N) is 2. The number of carboxylic acids is 1. The summed E-state index contributed by atoms with van der Waals surface area (Å²) in [6, 6.07) is 14.0. The van der Waals surface area contributed by atoms with Crippen LogP contribution in [0.15, 0.2) is 36.4 Å². The zero-order valence-electron chi connectivity index (χ0n) is 16.5. The minimum absolute atomic E-state index is 0.465. The highest BCUT2D eigenvalue weighted by molar-refractivity contribution is 5.87. The summed E-state index contributed by atoms with van der Waals surface area (Å²) in [6.45, 7) is 5.82. The number of H-pyrrole nitrogens is 1. The predicted molar refractivity (Wildman–Crippen MR) is 106 cm³/mol. The van der Waals surface area contributed by atoms with Crippen LogP contribution in [-0.4, -0.2) is 33.8 Å². The number of alkyl halides is 3. The van der Waals surface area contributed by atoms with E-state index in [0.717, 1.165) is 18.7 Å². The Kier molecular flexibility index (Phi) is 7.55. The van der Waals surface area contributed by atoms with E-state index < -0.39 is 12.1 Å². The maximum atomic E-state index is 10.6. The van der Waals surface area contributed by atoms with Crippen LogP contribution in [0.5, 0.6) is 0 Å². The second-order valence-corrected chi connectivity index (χ2v) is 6.58. The number of benzene rings is 1. The van der Waals surface area contributed by atoms with Crippen molar-refractivity contribution in [2.75, 3.05) is 6.54 Å².